The molecule has 0 spiro atoms. The summed E-state index contributed by atoms with van der Waals surface area (Å²) < 4.78 is 27.1. The van der Waals surface area contributed by atoms with Crippen molar-refractivity contribution in [3.05, 3.63) is 23.8 Å². The van der Waals surface area contributed by atoms with E-state index in [9.17, 15) is 18.3 Å². The first-order chi connectivity index (χ1) is 9.81. The molecule has 116 valence electrons. The third-order valence-corrected chi connectivity index (χ3v) is 5.11. The molecule has 2 rings (SSSR count). The molecule has 1 aliphatic rings. The van der Waals surface area contributed by atoms with Gasteiger partial charge in [0.2, 0.25) is 10.0 Å². The number of aliphatic hydroxyl groups excluding tert-OH is 1. The second kappa shape index (κ2) is 6.00. The summed E-state index contributed by atoms with van der Waals surface area (Å²) in [7, 11) is -4.03. The monoisotopic (exact) mass is 314 g/mol. The molecule has 2 atom stereocenters. The van der Waals surface area contributed by atoms with Crippen molar-refractivity contribution >= 4 is 21.7 Å². The quantitative estimate of drug-likeness (QED) is 0.600. The van der Waals surface area contributed by atoms with E-state index in [2.05, 4.69) is 4.72 Å². The Morgan fingerprint density at radius 2 is 1.95 bits per heavy atom. The predicted octanol–water partition coefficient (Wildman–Crippen LogP) is 0.549. The molecule has 0 bridgehead atoms. The van der Waals surface area contributed by atoms with E-state index in [1.54, 1.807) is 0 Å². The lowest BCUT2D eigenvalue weighted by atomic mass is 9.93. The summed E-state index contributed by atoms with van der Waals surface area (Å²) >= 11 is 0. The molecule has 0 unspecified atom stereocenters. The Bertz CT molecular complexity index is 644. The fourth-order valence-electron chi connectivity index (χ4n) is 2.46. The van der Waals surface area contributed by atoms with Gasteiger partial charge in [0.05, 0.1) is 16.6 Å². The maximum absolute atomic E-state index is 12.4. The average Bonchev–Trinajstić information content (AvgIpc) is 2.40. The predicted molar refractivity (Wildman–Crippen MR) is 76.4 cm³/mol. The van der Waals surface area contributed by atoms with Gasteiger partial charge in [-0.3, -0.25) is 0 Å². The van der Waals surface area contributed by atoms with Crippen LogP contribution in [0, 0.1) is 0 Å². The molecule has 0 aromatic heterocycles. The minimum Gasteiger partial charge on any atom is -0.478 e. The van der Waals surface area contributed by atoms with Crippen LogP contribution in [-0.2, 0) is 10.0 Å². The van der Waals surface area contributed by atoms with Crippen molar-refractivity contribution in [2.45, 2.75) is 42.7 Å². The summed E-state index contributed by atoms with van der Waals surface area (Å²) in [6.07, 6.45) is 1.97. The van der Waals surface area contributed by atoms with Crippen LogP contribution in [0.5, 0.6) is 0 Å². The number of aromatic carboxylic acids is 1. The van der Waals surface area contributed by atoms with Gasteiger partial charge in [0, 0.05) is 11.7 Å². The Kier molecular flexibility index (Phi) is 4.50. The molecule has 5 N–H and O–H groups in total. The third kappa shape index (κ3) is 3.52. The Balaban J connectivity index is 2.33. The number of hydrogen-bond donors (Lipinski definition) is 4. The van der Waals surface area contributed by atoms with Crippen LogP contribution in [0.25, 0.3) is 0 Å². The highest BCUT2D eigenvalue weighted by Crippen LogP contribution is 2.23. The van der Waals surface area contributed by atoms with E-state index in [1.807, 2.05) is 0 Å². The van der Waals surface area contributed by atoms with Gasteiger partial charge in [-0.15, -0.1) is 0 Å². The number of nitrogens with one attached hydrogen (secondary N) is 1. The number of aliphatic hydroxyl groups is 1. The maximum atomic E-state index is 12.4. The first-order valence-corrected chi connectivity index (χ1v) is 8.13. The fraction of sp³-hybridized carbons (Fsp3) is 0.462. The SMILES string of the molecule is Nc1ccc(S(=O)(=O)N[C@@H]2CCCC[C@H]2O)c(C(=O)O)c1. The van der Waals surface area contributed by atoms with Crippen molar-refractivity contribution in [3.63, 3.8) is 0 Å². The highest BCUT2D eigenvalue weighted by atomic mass is 32.2. The first kappa shape index (κ1) is 15.7. The number of carboxylic acids is 1. The lowest BCUT2D eigenvalue weighted by Gasteiger charge is -2.28. The number of nitrogen functional groups attached to an aromatic ring is 1. The molecule has 0 radical (unpaired) electrons. The van der Waals surface area contributed by atoms with Gasteiger partial charge in [0.25, 0.3) is 0 Å². The van der Waals surface area contributed by atoms with Crippen LogP contribution >= 0.6 is 0 Å². The lowest BCUT2D eigenvalue weighted by molar-refractivity contribution is 0.0692. The van der Waals surface area contributed by atoms with Gasteiger partial charge in [-0.25, -0.2) is 17.9 Å². The topological polar surface area (TPSA) is 130 Å². The number of sulfonamides is 1. The van der Waals surface area contributed by atoms with Crippen molar-refractivity contribution in [1.82, 2.24) is 4.72 Å². The summed E-state index contributed by atoms with van der Waals surface area (Å²) in [5.74, 6) is -1.37. The number of anilines is 1. The molecule has 0 saturated heterocycles. The van der Waals surface area contributed by atoms with Crippen LogP contribution < -0.4 is 10.5 Å². The molecule has 21 heavy (non-hydrogen) atoms. The van der Waals surface area contributed by atoms with Crippen LogP contribution in [0.1, 0.15) is 36.0 Å². The van der Waals surface area contributed by atoms with Gasteiger partial charge in [0.1, 0.15) is 0 Å². The molecule has 1 aliphatic carbocycles. The van der Waals surface area contributed by atoms with Gasteiger partial charge in [-0.2, -0.15) is 0 Å². The lowest BCUT2D eigenvalue weighted by Crippen LogP contribution is -2.45. The number of hydrogen-bond acceptors (Lipinski definition) is 5. The highest BCUT2D eigenvalue weighted by molar-refractivity contribution is 7.89. The second-order valence-corrected chi connectivity index (χ2v) is 6.82. The van der Waals surface area contributed by atoms with Crippen molar-refractivity contribution in [1.29, 1.82) is 0 Å². The minimum absolute atomic E-state index is 0.170. The zero-order chi connectivity index (χ0) is 15.6. The molecular formula is C13H18N2O5S. The number of nitrogens with two attached hydrogens (primary N) is 1. The van der Waals surface area contributed by atoms with Crippen LogP contribution in [0.3, 0.4) is 0 Å². The molecule has 1 aromatic carbocycles. The Morgan fingerprint density at radius 3 is 2.57 bits per heavy atom. The fourth-order valence-corrected chi connectivity index (χ4v) is 3.94. The first-order valence-electron chi connectivity index (χ1n) is 6.64. The Hall–Kier alpha value is -1.64. The third-order valence-electron chi connectivity index (χ3n) is 3.56. The molecule has 7 nitrogen and oxygen atoms in total. The van der Waals surface area contributed by atoms with Crippen LogP contribution in [-0.4, -0.2) is 36.7 Å². The summed E-state index contributed by atoms with van der Waals surface area (Å²) in [5, 5.41) is 19.0. The zero-order valence-corrected chi connectivity index (χ0v) is 12.1. The standard InChI is InChI=1S/C13H18N2O5S/c14-8-5-6-12(9(7-8)13(17)18)21(19,20)15-10-3-1-2-4-11(10)16/h5-7,10-11,15-16H,1-4,14H2,(H,17,18)/t10-,11-/m1/s1. The average molecular weight is 314 g/mol. The number of benzene rings is 1. The molecule has 1 fully saturated rings. The van der Waals surface area contributed by atoms with Gasteiger partial charge in [-0.05, 0) is 31.0 Å². The smallest absolute Gasteiger partial charge is 0.337 e. The van der Waals surface area contributed by atoms with Crippen molar-refractivity contribution in [2.75, 3.05) is 5.73 Å². The van der Waals surface area contributed by atoms with Gasteiger partial charge in [-0.1, -0.05) is 12.8 Å². The zero-order valence-electron chi connectivity index (χ0n) is 11.3. The maximum Gasteiger partial charge on any atom is 0.337 e. The summed E-state index contributed by atoms with van der Waals surface area (Å²) in [5.41, 5.74) is 5.29. The van der Waals surface area contributed by atoms with Gasteiger partial charge >= 0.3 is 5.97 Å². The van der Waals surface area contributed by atoms with Crippen molar-refractivity contribution < 1.29 is 23.4 Å². The molecule has 0 amide bonds. The van der Waals surface area contributed by atoms with E-state index >= 15 is 0 Å². The second-order valence-electron chi connectivity index (χ2n) is 5.14. The molecular weight excluding hydrogens is 296 g/mol. The van der Waals surface area contributed by atoms with E-state index in [-0.39, 0.29) is 16.1 Å². The van der Waals surface area contributed by atoms with E-state index in [0.717, 1.165) is 25.0 Å². The number of carbonyl (C=O) groups is 1. The Morgan fingerprint density at radius 1 is 1.29 bits per heavy atom. The molecule has 1 saturated carbocycles. The Labute approximate surface area is 122 Å². The summed E-state index contributed by atoms with van der Waals surface area (Å²) in [4.78, 5) is 10.8. The molecule has 8 heteroatoms. The minimum atomic E-state index is -4.03. The summed E-state index contributed by atoms with van der Waals surface area (Å²) in [6.45, 7) is 0. The van der Waals surface area contributed by atoms with Gasteiger partial charge in [0.15, 0.2) is 0 Å². The van der Waals surface area contributed by atoms with Gasteiger partial charge < -0.3 is 15.9 Å². The molecule has 0 aliphatic heterocycles. The van der Waals surface area contributed by atoms with Crippen LogP contribution in [0.4, 0.5) is 5.69 Å². The largest absolute Gasteiger partial charge is 0.478 e. The van der Waals surface area contributed by atoms with E-state index < -0.39 is 28.1 Å². The van der Waals surface area contributed by atoms with E-state index in [1.165, 1.54) is 6.07 Å². The van der Waals surface area contributed by atoms with E-state index in [0.29, 0.717) is 12.8 Å². The highest BCUT2D eigenvalue weighted by Gasteiger charge is 2.30. The number of rotatable bonds is 4. The van der Waals surface area contributed by atoms with Crippen LogP contribution in [0.2, 0.25) is 0 Å². The van der Waals surface area contributed by atoms with Crippen molar-refractivity contribution in [3.8, 4) is 0 Å². The normalized spacial score (nSPS) is 22.9. The molecule has 0 heterocycles. The van der Waals surface area contributed by atoms with E-state index in [4.69, 9.17) is 10.8 Å². The molecule has 1 aromatic rings. The van der Waals surface area contributed by atoms with Crippen LogP contribution in [0.15, 0.2) is 23.1 Å². The number of carboxylic acid groups (broad SMARTS) is 1. The summed E-state index contributed by atoms with van der Waals surface area (Å²) in [6, 6.07) is 3.01. The van der Waals surface area contributed by atoms with Crippen molar-refractivity contribution in [2.24, 2.45) is 0 Å².